The van der Waals surface area contributed by atoms with Gasteiger partial charge in [-0.1, -0.05) is 72.3 Å². The molecule has 0 fully saturated rings. The highest BCUT2D eigenvalue weighted by Gasteiger charge is 2.10. The van der Waals surface area contributed by atoms with Crippen LogP contribution in [0.1, 0.15) is 5.56 Å². The fourth-order valence-electron chi connectivity index (χ4n) is 3.78. The Kier molecular flexibility index (Phi) is 4.38. The fourth-order valence-corrected chi connectivity index (χ4v) is 3.78. The molecular weight excluding hydrogens is 352 g/mol. The summed E-state index contributed by atoms with van der Waals surface area (Å²) in [5, 5.41) is 2.38. The molecule has 29 heavy (non-hydrogen) atoms. The predicted molar refractivity (Wildman–Crippen MR) is 121 cm³/mol. The van der Waals surface area contributed by atoms with E-state index in [-0.39, 0.29) is 0 Å². The van der Waals surface area contributed by atoms with Gasteiger partial charge >= 0.3 is 0 Å². The van der Waals surface area contributed by atoms with Crippen molar-refractivity contribution in [2.75, 3.05) is 0 Å². The van der Waals surface area contributed by atoms with Crippen molar-refractivity contribution in [1.82, 2.24) is 9.97 Å². The summed E-state index contributed by atoms with van der Waals surface area (Å²) in [7, 11) is 0. The Morgan fingerprint density at radius 1 is 0.552 bits per heavy atom. The molecule has 2 aromatic heterocycles. The molecule has 0 spiro atoms. The Bertz CT molecular complexity index is 1270. The number of nitrogens with zero attached hydrogens (tertiary/aromatic N) is 2. The summed E-state index contributed by atoms with van der Waals surface area (Å²) >= 11 is 0. The maximum Gasteiger partial charge on any atom is 0.0701 e. The van der Waals surface area contributed by atoms with Gasteiger partial charge < -0.3 is 0 Å². The molecule has 0 aliphatic carbocycles. The molecular formula is C27H20N2. The summed E-state index contributed by atoms with van der Waals surface area (Å²) in [4.78, 5) is 8.84. The van der Waals surface area contributed by atoms with Crippen LogP contribution in [0.4, 0.5) is 0 Å². The van der Waals surface area contributed by atoms with Gasteiger partial charge in [0.2, 0.25) is 0 Å². The third kappa shape index (κ3) is 3.30. The van der Waals surface area contributed by atoms with Crippen LogP contribution in [0.15, 0.2) is 104 Å². The molecule has 2 heteroatoms. The van der Waals surface area contributed by atoms with E-state index in [1.54, 1.807) is 0 Å². The molecule has 0 amide bonds. The van der Waals surface area contributed by atoms with Crippen LogP contribution in [-0.4, -0.2) is 9.97 Å². The van der Waals surface area contributed by atoms with Gasteiger partial charge in [0.05, 0.1) is 5.69 Å². The Hall–Kier alpha value is -3.78. The minimum Gasteiger partial charge on any atom is -0.264 e. The van der Waals surface area contributed by atoms with E-state index < -0.39 is 0 Å². The quantitative estimate of drug-likeness (QED) is 0.343. The standard InChI is InChI=1S/C27H20N2/c1-19-5-7-20(8-6-19)24-14-13-23(25-15-17-28-18-26(24)25)21-9-11-22(12-10-21)27-4-2-3-16-29-27/h2-18H,1H3. The lowest BCUT2D eigenvalue weighted by atomic mass is 9.92. The Balaban J connectivity index is 1.61. The summed E-state index contributed by atoms with van der Waals surface area (Å²) in [6.45, 7) is 2.11. The summed E-state index contributed by atoms with van der Waals surface area (Å²) in [5.74, 6) is 0. The second kappa shape index (κ2) is 7.33. The topological polar surface area (TPSA) is 25.8 Å². The molecule has 5 aromatic rings. The van der Waals surface area contributed by atoms with Crippen molar-refractivity contribution < 1.29 is 0 Å². The molecule has 0 aliphatic rings. The zero-order valence-electron chi connectivity index (χ0n) is 16.2. The molecule has 0 bridgehead atoms. The van der Waals surface area contributed by atoms with Crippen molar-refractivity contribution in [2.24, 2.45) is 0 Å². The van der Waals surface area contributed by atoms with E-state index in [9.17, 15) is 0 Å². The van der Waals surface area contributed by atoms with E-state index in [0.29, 0.717) is 0 Å². The van der Waals surface area contributed by atoms with Gasteiger partial charge in [-0.05, 0) is 52.8 Å². The van der Waals surface area contributed by atoms with Gasteiger partial charge in [-0.25, -0.2) is 0 Å². The van der Waals surface area contributed by atoms with E-state index in [1.807, 2.05) is 36.8 Å². The van der Waals surface area contributed by atoms with Crippen molar-refractivity contribution in [1.29, 1.82) is 0 Å². The number of aryl methyl sites for hydroxylation is 1. The lowest BCUT2D eigenvalue weighted by Gasteiger charge is -2.12. The molecule has 0 saturated heterocycles. The van der Waals surface area contributed by atoms with Crippen LogP contribution in [0, 0.1) is 6.92 Å². The molecule has 0 atom stereocenters. The first-order chi connectivity index (χ1) is 14.3. The van der Waals surface area contributed by atoms with Crippen LogP contribution in [0.25, 0.3) is 44.3 Å². The maximum atomic E-state index is 4.44. The average Bonchev–Trinajstić information content (AvgIpc) is 2.80. The minimum atomic E-state index is 0.989. The first-order valence-electron chi connectivity index (χ1n) is 9.75. The molecule has 138 valence electrons. The van der Waals surface area contributed by atoms with Crippen molar-refractivity contribution >= 4 is 10.8 Å². The van der Waals surface area contributed by atoms with Crippen molar-refractivity contribution in [3.05, 3.63) is 109 Å². The second-order valence-corrected chi connectivity index (χ2v) is 7.24. The summed E-state index contributed by atoms with van der Waals surface area (Å²) in [6.07, 6.45) is 5.66. The van der Waals surface area contributed by atoms with Gasteiger partial charge in [0.1, 0.15) is 0 Å². The van der Waals surface area contributed by atoms with Gasteiger partial charge in [-0.3, -0.25) is 9.97 Å². The summed E-state index contributed by atoms with van der Waals surface area (Å²) in [5.41, 5.74) is 8.20. The largest absolute Gasteiger partial charge is 0.264 e. The number of fused-ring (bicyclic) bond motifs is 1. The molecule has 2 nitrogen and oxygen atoms in total. The number of hydrogen-bond donors (Lipinski definition) is 0. The number of benzene rings is 3. The number of rotatable bonds is 3. The summed E-state index contributed by atoms with van der Waals surface area (Å²) in [6, 6.07) is 29.8. The van der Waals surface area contributed by atoms with E-state index in [4.69, 9.17) is 0 Å². The van der Waals surface area contributed by atoms with Gasteiger partial charge in [-0.2, -0.15) is 0 Å². The normalized spacial score (nSPS) is 10.9. The zero-order chi connectivity index (χ0) is 19.6. The van der Waals surface area contributed by atoms with Crippen molar-refractivity contribution in [3.63, 3.8) is 0 Å². The summed E-state index contributed by atoms with van der Waals surface area (Å²) < 4.78 is 0. The van der Waals surface area contributed by atoms with Crippen LogP contribution in [0.2, 0.25) is 0 Å². The molecule has 0 radical (unpaired) electrons. The Labute approximate surface area is 170 Å². The highest BCUT2D eigenvalue weighted by molar-refractivity contribution is 6.04. The fraction of sp³-hybridized carbons (Fsp3) is 0.0370. The van der Waals surface area contributed by atoms with Gasteiger partial charge in [0, 0.05) is 29.5 Å². The third-order valence-corrected chi connectivity index (χ3v) is 5.34. The lowest BCUT2D eigenvalue weighted by molar-refractivity contribution is 1.33. The number of pyridine rings is 2. The molecule has 0 saturated carbocycles. The number of aromatic nitrogens is 2. The van der Waals surface area contributed by atoms with E-state index >= 15 is 0 Å². The Morgan fingerprint density at radius 2 is 1.21 bits per heavy atom. The van der Waals surface area contributed by atoms with Crippen LogP contribution in [0.3, 0.4) is 0 Å². The second-order valence-electron chi connectivity index (χ2n) is 7.24. The zero-order valence-corrected chi connectivity index (χ0v) is 16.2. The molecule has 5 rings (SSSR count). The lowest BCUT2D eigenvalue weighted by Crippen LogP contribution is -1.88. The van der Waals surface area contributed by atoms with Crippen LogP contribution >= 0.6 is 0 Å². The highest BCUT2D eigenvalue weighted by Crippen LogP contribution is 2.35. The average molecular weight is 372 g/mol. The first-order valence-corrected chi connectivity index (χ1v) is 9.75. The predicted octanol–water partition coefficient (Wildman–Crippen LogP) is 6.94. The molecule has 0 unspecified atom stereocenters. The van der Waals surface area contributed by atoms with Gasteiger partial charge in [0.25, 0.3) is 0 Å². The smallest absolute Gasteiger partial charge is 0.0701 e. The third-order valence-electron chi connectivity index (χ3n) is 5.34. The van der Waals surface area contributed by atoms with Crippen LogP contribution < -0.4 is 0 Å². The monoisotopic (exact) mass is 372 g/mol. The van der Waals surface area contributed by atoms with Gasteiger partial charge in [0.15, 0.2) is 0 Å². The van der Waals surface area contributed by atoms with Crippen LogP contribution in [0.5, 0.6) is 0 Å². The van der Waals surface area contributed by atoms with Crippen molar-refractivity contribution in [3.8, 4) is 33.5 Å². The van der Waals surface area contributed by atoms with E-state index in [0.717, 1.165) is 11.3 Å². The van der Waals surface area contributed by atoms with Crippen molar-refractivity contribution in [2.45, 2.75) is 6.92 Å². The Morgan fingerprint density at radius 3 is 1.90 bits per heavy atom. The molecule has 0 N–H and O–H groups in total. The minimum absolute atomic E-state index is 0.989. The molecule has 2 heterocycles. The van der Waals surface area contributed by atoms with Crippen LogP contribution in [-0.2, 0) is 0 Å². The van der Waals surface area contributed by atoms with E-state index in [1.165, 1.54) is 38.6 Å². The SMILES string of the molecule is Cc1ccc(-c2ccc(-c3ccc(-c4ccccn4)cc3)c3ccncc23)cc1. The first kappa shape index (κ1) is 17.3. The molecule has 3 aromatic carbocycles. The number of hydrogen-bond acceptors (Lipinski definition) is 2. The van der Waals surface area contributed by atoms with Gasteiger partial charge in [-0.15, -0.1) is 0 Å². The molecule has 0 aliphatic heterocycles. The van der Waals surface area contributed by atoms with E-state index in [2.05, 4.69) is 83.6 Å². The highest BCUT2D eigenvalue weighted by atomic mass is 14.7. The maximum absolute atomic E-state index is 4.44.